The van der Waals surface area contributed by atoms with Gasteiger partial charge in [0, 0.05) is 28.7 Å². The van der Waals surface area contributed by atoms with Crippen LogP contribution in [0.1, 0.15) is 28.2 Å². The minimum Gasteiger partial charge on any atom is -0.348 e. The molecular formula is C17H20N4O3S. The molecule has 0 unspecified atom stereocenters. The standard InChI is InChI=1S/C17H20N4O3S/c1-11-8-12(2)19-17(18-11)21-14-5-3-4-13(9-14)16(22)20-15-6-7-25(23,24)10-15/h3-5,8-9,15H,6-7,10H2,1-2H3,(H,20,22)(H,18,19,21)/t15-/m1/s1. The zero-order chi connectivity index (χ0) is 18.0. The van der Waals surface area contributed by atoms with Crippen molar-refractivity contribution in [2.75, 3.05) is 16.8 Å². The van der Waals surface area contributed by atoms with E-state index >= 15 is 0 Å². The number of hydrogen-bond acceptors (Lipinski definition) is 6. The van der Waals surface area contributed by atoms with E-state index in [1.165, 1.54) is 0 Å². The van der Waals surface area contributed by atoms with Crippen LogP contribution in [0.25, 0.3) is 0 Å². The van der Waals surface area contributed by atoms with Gasteiger partial charge in [0.2, 0.25) is 5.95 Å². The fraction of sp³-hybridized carbons (Fsp3) is 0.353. The number of aromatic nitrogens is 2. The van der Waals surface area contributed by atoms with Crippen molar-refractivity contribution in [2.45, 2.75) is 26.3 Å². The first-order chi connectivity index (χ1) is 11.8. The Labute approximate surface area is 146 Å². The van der Waals surface area contributed by atoms with Crippen LogP contribution in [0, 0.1) is 13.8 Å². The van der Waals surface area contributed by atoms with E-state index in [2.05, 4.69) is 20.6 Å². The van der Waals surface area contributed by atoms with Gasteiger partial charge in [-0.25, -0.2) is 18.4 Å². The number of nitrogens with one attached hydrogen (secondary N) is 2. The van der Waals surface area contributed by atoms with Crippen molar-refractivity contribution in [3.8, 4) is 0 Å². The van der Waals surface area contributed by atoms with Crippen molar-refractivity contribution in [3.05, 3.63) is 47.3 Å². The summed E-state index contributed by atoms with van der Waals surface area (Å²) in [6.07, 6.45) is 0.461. The molecule has 1 aliphatic rings. The number of hydrogen-bond donors (Lipinski definition) is 2. The molecule has 0 bridgehead atoms. The summed E-state index contributed by atoms with van der Waals surface area (Å²) in [5, 5.41) is 5.87. The number of nitrogens with zero attached hydrogens (tertiary/aromatic N) is 2. The van der Waals surface area contributed by atoms with Crippen molar-refractivity contribution < 1.29 is 13.2 Å². The maximum absolute atomic E-state index is 12.4. The molecule has 3 rings (SSSR count). The predicted molar refractivity (Wildman–Crippen MR) is 95.8 cm³/mol. The Bertz CT molecular complexity index is 892. The molecule has 0 saturated carbocycles. The molecule has 1 aliphatic heterocycles. The van der Waals surface area contributed by atoms with Gasteiger partial charge in [0.1, 0.15) is 0 Å². The van der Waals surface area contributed by atoms with Crippen LogP contribution >= 0.6 is 0 Å². The van der Waals surface area contributed by atoms with Crippen LogP contribution in [-0.2, 0) is 9.84 Å². The molecule has 1 atom stereocenters. The average Bonchev–Trinajstić information content (AvgIpc) is 2.85. The molecule has 7 nitrogen and oxygen atoms in total. The van der Waals surface area contributed by atoms with Crippen LogP contribution in [0.4, 0.5) is 11.6 Å². The van der Waals surface area contributed by atoms with Crippen molar-refractivity contribution in [1.29, 1.82) is 0 Å². The van der Waals surface area contributed by atoms with E-state index in [4.69, 9.17) is 0 Å². The van der Waals surface area contributed by atoms with Gasteiger partial charge in [0.25, 0.3) is 5.91 Å². The molecule has 1 amide bonds. The maximum Gasteiger partial charge on any atom is 0.251 e. The van der Waals surface area contributed by atoms with Crippen LogP contribution in [0.15, 0.2) is 30.3 Å². The van der Waals surface area contributed by atoms with E-state index in [1.54, 1.807) is 18.2 Å². The number of carbonyl (C=O) groups is 1. The Morgan fingerprint density at radius 1 is 1.16 bits per heavy atom. The van der Waals surface area contributed by atoms with Gasteiger partial charge in [-0.3, -0.25) is 4.79 Å². The predicted octanol–water partition coefficient (Wildman–Crippen LogP) is 1.75. The molecule has 1 aromatic carbocycles. The smallest absolute Gasteiger partial charge is 0.251 e. The highest BCUT2D eigenvalue weighted by Crippen LogP contribution is 2.17. The normalized spacial score (nSPS) is 18.7. The number of benzene rings is 1. The zero-order valence-corrected chi connectivity index (χ0v) is 14.9. The fourth-order valence-electron chi connectivity index (χ4n) is 2.83. The second-order valence-electron chi connectivity index (χ2n) is 6.25. The second-order valence-corrected chi connectivity index (χ2v) is 8.48. The Morgan fingerprint density at radius 2 is 1.88 bits per heavy atom. The number of anilines is 2. The minimum atomic E-state index is -3.02. The Kier molecular flexibility index (Phi) is 4.71. The molecule has 1 fully saturated rings. The quantitative estimate of drug-likeness (QED) is 0.861. The fourth-order valence-corrected chi connectivity index (χ4v) is 4.50. The van der Waals surface area contributed by atoms with Crippen LogP contribution < -0.4 is 10.6 Å². The van der Waals surface area contributed by atoms with Crippen molar-refractivity contribution in [1.82, 2.24) is 15.3 Å². The summed E-state index contributed by atoms with van der Waals surface area (Å²) in [7, 11) is -3.02. The molecular weight excluding hydrogens is 340 g/mol. The van der Waals surface area contributed by atoms with Crippen LogP contribution in [0.3, 0.4) is 0 Å². The summed E-state index contributed by atoms with van der Waals surface area (Å²) in [6, 6.07) is 8.51. The second kappa shape index (κ2) is 6.79. The third-order valence-corrected chi connectivity index (χ3v) is 5.70. The summed E-state index contributed by atoms with van der Waals surface area (Å²) in [5.41, 5.74) is 2.85. The maximum atomic E-state index is 12.4. The lowest BCUT2D eigenvalue weighted by Gasteiger charge is -2.12. The van der Waals surface area contributed by atoms with Crippen LogP contribution in [-0.4, -0.2) is 41.8 Å². The summed E-state index contributed by atoms with van der Waals surface area (Å²) in [4.78, 5) is 21.0. The van der Waals surface area contributed by atoms with E-state index in [-0.39, 0.29) is 23.5 Å². The molecule has 1 aromatic heterocycles. The van der Waals surface area contributed by atoms with Gasteiger partial charge < -0.3 is 10.6 Å². The number of aryl methyl sites for hydroxylation is 2. The number of carbonyl (C=O) groups excluding carboxylic acids is 1. The highest BCUT2D eigenvalue weighted by Gasteiger charge is 2.29. The van der Waals surface area contributed by atoms with Gasteiger partial charge in [0.05, 0.1) is 11.5 Å². The summed E-state index contributed by atoms with van der Waals surface area (Å²) in [6.45, 7) is 3.78. The molecule has 0 spiro atoms. The van der Waals surface area contributed by atoms with E-state index in [1.807, 2.05) is 26.0 Å². The van der Waals surface area contributed by atoms with E-state index < -0.39 is 9.84 Å². The van der Waals surface area contributed by atoms with E-state index in [0.29, 0.717) is 23.6 Å². The number of amides is 1. The lowest BCUT2D eigenvalue weighted by molar-refractivity contribution is 0.0941. The highest BCUT2D eigenvalue weighted by atomic mass is 32.2. The lowest BCUT2D eigenvalue weighted by atomic mass is 10.1. The van der Waals surface area contributed by atoms with Gasteiger partial charge in [-0.05, 0) is 44.5 Å². The molecule has 0 radical (unpaired) electrons. The first-order valence-electron chi connectivity index (χ1n) is 8.01. The molecule has 1 saturated heterocycles. The molecule has 2 N–H and O–H groups in total. The lowest BCUT2D eigenvalue weighted by Crippen LogP contribution is -2.35. The summed E-state index contributed by atoms with van der Waals surface area (Å²) < 4.78 is 23.0. The monoisotopic (exact) mass is 360 g/mol. The third-order valence-electron chi connectivity index (χ3n) is 3.93. The first-order valence-corrected chi connectivity index (χ1v) is 9.83. The molecule has 25 heavy (non-hydrogen) atoms. The van der Waals surface area contributed by atoms with Crippen molar-refractivity contribution in [2.24, 2.45) is 0 Å². The molecule has 0 aliphatic carbocycles. The van der Waals surface area contributed by atoms with E-state index in [9.17, 15) is 13.2 Å². The largest absolute Gasteiger partial charge is 0.348 e. The average molecular weight is 360 g/mol. The van der Waals surface area contributed by atoms with Crippen LogP contribution in [0.2, 0.25) is 0 Å². The summed E-state index contributed by atoms with van der Waals surface area (Å²) >= 11 is 0. The van der Waals surface area contributed by atoms with Crippen molar-refractivity contribution >= 4 is 27.4 Å². The molecule has 8 heteroatoms. The number of sulfone groups is 1. The summed E-state index contributed by atoms with van der Waals surface area (Å²) in [5.74, 6) is 0.320. The van der Waals surface area contributed by atoms with Gasteiger partial charge in [-0.15, -0.1) is 0 Å². The Balaban J connectivity index is 1.71. The minimum absolute atomic E-state index is 0.00703. The highest BCUT2D eigenvalue weighted by molar-refractivity contribution is 7.91. The zero-order valence-electron chi connectivity index (χ0n) is 14.1. The van der Waals surface area contributed by atoms with Crippen LogP contribution in [0.5, 0.6) is 0 Å². The third kappa shape index (κ3) is 4.54. The topological polar surface area (TPSA) is 101 Å². The Hall–Kier alpha value is -2.48. The SMILES string of the molecule is Cc1cc(C)nc(Nc2cccc(C(=O)N[C@@H]3CCS(=O)(=O)C3)c2)n1. The first kappa shape index (κ1) is 17.3. The molecule has 2 heterocycles. The Morgan fingerprint density at radius 3 is 2.52 bits per heavy atom. The molecule has 132 valence electrons. The molecule has 2 aromatic rings. The van der Waals surface area contributed by atoms with Crippen molar-refractivity contribution in [3.63, 3.8) is 0 Å². The van der Waals surface area contributed by atoms with Gasteiger partial charge in [0.15, 0.2) is 9.84 Å². The van der Waals surface area contributed by atoms with Gasteiger partial charge in [-0.1, -0.05) is 6.07 Å². The van der Waals surface area contributed by atoms with Gasteiger partial charge >= 0.3 is 0 Å². The van der Waals surface area contributed by atoms with Gasteiger partial charge in [-0.2, -0.15) is 0 Å². The van der Waals surface area contributed by atoms with E-state index in [0.717, 1.165) is 11.4 Å². The number of rotatable bonds is 4.